The molecule has 0 aromatic heterocycles. The first-order chi connectivity index (χ1) is 15.6. The maximum atomic E-state index is 13.1. The van der Waals surface area contributed by atoms with Crippen LogP contribution in [0.2, 0.25) is 0 Å². The second kappa shape index (κ2) is 10.0. The van der Waals surface area contributed by atoms with E-state index in [1.54, 1.807) is 0 Å². The Labute approximate surface area is 197 Å². The molecule has 6 atom stereocenters. The van der Waals surface area contributed by atoms with E-state index in [9.17, 15) is 24.1 Å². The minimum atomic E-state index is -2.66. The number of fused-ring (bicyclic) bond motifs is 1. The van der Waals surface area contributed by atoms with Gasteiger partial charge < -0.3 is 20.2 Å². The first-order valence-corrected chi connectivity index (χ1v) is 13.1. The summed E-state index contributed by atoms with van der Waals surface area (Å²) in [5.41, 5.74) is 1.15. The van der Waals surface area contributed by atoms with Crippen molar-refractivity contribution in [2.75, 3.05) is 19.6 Å². The van der Waals surface area contributed by atoms with Crippen LogP contribution in [-0.4, -0.2) is 64.1 Å². The van der Waals surface area contributed by atoms with Crippen LogP contribution in [0.3, 0.4) is 0 Å². The quantitative estimate of drug-likeness (QED) is 0.549. The van der Waals surface area contributed by atoms with Crippen LogP contribution in [-0.2, 0) is 0 Å². The Morgan fingerprint density at radius 3 is 2.36 bits per heavy atom. The number of piperidine rings is 1. The number of likely N-dealkylation sites (tertiary alicyclic amines) is 1. The van der Waals surface area contributed by atoms with E-state index in [1.165, 1.54) is 31.3 Å². The molecule has 0 aromatic carbocycles. The molecule has 1 heterocycles. The number of alkyl halides is 2. The summed E-state index contributed by atoms with van der Waals surface area (Å²) in [5.74, 6) is 1.70. The number of rotatable bonds is 5. The van der Waals surface area contributed by atoms with Crippen molar-refractivity contribution in [2.45, 2.75) is 102 Å². The fraction of sp³-hybridized carbons (Fsp3) is 0.852. The average molecular weight is 468 g/mol. The van der Waals surface area contributed by atoms with E-state index in [2.05, 4.69) is 30.9 Å². The summed E-state index contributed by atoms with van der Waals surface area (Å²) in [6.45, 7) is 6.82. The van der Waals surface area contributed by atoms with Crippen molar-refractivity contribution in [3.05, 3.63) is 23.3 Å². The van der Waals surface area contributed by atoms with Gasteiger partial charge in [-0.2, -0.15) is 0 Å². The van der Waals surface area contributed by atoms with Crippen molar-refractivity contribution < 1.29 is 24.1 Å². The van der Waals surface area contributed by atoms with Gasteiger partial charge in [-0.1, -0.05) is 37.1 Å². The third-order valence-corrected chi connectivity index (χ3v) is 9.47. The van der Waals surface area contributed by atoms with Gasteiger partial charge in [0, 0.05) is 19.6 Å². The second-order valence-electron chi connectivity index (χ2n) is 11.8. The monoisotopic (exact) mass is 467 g/mol. The molecule has 4 fully saturated rings. The van der Waals surface area contributed by atoms with Crippen LogP contribution in [0.15, 0.2) is 23.3 Å². The molecule has 4 nitrogen and oxygen atoms in total. The van der Waals surface area contributed by atoms with Crippen molar-refractivity contribution in [3.8, 4) is 0 Å². The first-order valence-electron chi connectivity index (χ1n) is 13.1. The third kappa shape index (κ3) is 5.39. The lowest BCUT2D eigenvalue weighted by Gasteiger charge is -2.46. The highest BCUT2D eigenvalue weighted by Gasteiger charge is 2.51. The predicted molar refractivity (Wildman–Crippen MR) is 126 cm³/mol. The fourth-order valence-electron chi connectivity index (χ4n) is 7.62. The lowest BCUT2D eigenvalue weighted by Crippen LogP contribution is -2.50. The standard InChI is InChI=1S/C27H43F2NO3/c1-18(17-30-12-10-27(33,11-13-30)25(28)29)23-7-8-24-20(4-3-9-26(23,24)2)6-5-19-14-21(31)16-22(32)15-19/h5-6,18,21-25,31-33H,3-4,7-17H2,1-2H3/b20-6+/t18?,21-,22-,23-,24+,26-/m1/s1. The highest BCUT2D eigenvalue weighted by atomic mass is 19.3. The molecule has 6 heteroatoms. The molecule has 4 rings (SSSR count). The van der Waals surface area contributed by atoms with Crippen LogP contribution in [0.1, 0.15) is 78.1 Å². The Balaban J connectivity index is 1.39. The molecule has 0 radical (unpaired) electrons. The molecule has 0 bridgehead atoms. The molecular weight excluding hydrogens is 424 g/mol. The number of nitrogens with zero attached hydrogens (tertiary/aromatic N) is 1. The van der Waals surface area contributed by atoms with Crippen molar-refractivity contribution >= 4 is 0 Å². The summed E-state index contributed by atoms with van der Waals surface area (Å²) in [7, 11) is 0. The second-order valence-corrected chi connectivity index (χ2v) is 11.8. The van der Waals surface area contributed by atoms with Crippen molar-refractivity contribution in [3.63, 3.8) is 0 Å². The zero-order valence-electron chi connectivity index (χ0n) is 20.4. The molecule has 188 valence electrons. The molecule has 3 N–H and O–H groups in total. The zero-order chi connectivity index (χ0) is 23.8. The highest BCUT2D eigenvalue weighted by Crippen LogP contribution is 2.59. The zero-order valence-corrected chi connectivity index (χ0v) is 20.4. The number of halogens is 2. The van der Waals surface area contributed by atoms with E-state index in [4.69, 9.17) is 0 Å². The van der Waals surface area contributed by atoms with Gasteiger partial charge in [-0.3, -0.25) is 0 Å². The Bertz CT molecular complexity index is 734. The van der Waals surface area contributed by atoms with Gasteiger partial charge in [-0.25, -0.2) is 8.78 Å². The SMILES string of the molecule is CC(CN1CCC(O)(C(F)F)CC1)[C@H]1CC[C@H]2/C(=C/C=C3C[C@@H](O)C[C@H](O)C3)CCC[C@]12C. The highest BCUT2D eigenvalue weighted by molar-refractivity contribution is 5.26. The van der Waals surface area contributed by atoms with Crippen LogP contribution in [0, 0.1) is 23.2 Å². The van der Waals surface area contributed by atoms with E-state index in [0.29, 0.717) is 50.1 Å². The maximum absolute atomic E-state index is 13.1. The number of hydrogen-bond acceptors (Lipinski definition) is 4. The summed E-state index contributed by atoms with van der Waals surface area (Å²) in [4.78, 5) is 2.28. The van der Waals surface area contributed by atoms with Gasteiger partial charge >= 0.3 is 0 Å². The van der Waals surface area contributed by atoms with Crippen molar-refractivity contribution in [1.82, 2.24) is 4.90 Å². The summed E-state index contributed by atoms with van der Waals surface area (Å²) in [6.07, 6.45) is 9.06. The van der Waals surface area contributed by atoms with E-state index in [-0.39, 0.29) is 18.3 Å². The molecule has 4 aliphatic rings. The van der Waals surface area contributed by atoms with Crippen LogP contribution in [0.25, 0.3) is 0 Å². The number of hydrogen-bond donors (Lipinski definition) is 3. The molecule has 1 unspecified atom stereocenters. The normalized spacial score (nSPS) is 39.6. The third-order valence-electron chi connectivity index (χ3n) is 9.47. The number of allylic oxidation sites excluding steroid dienone is 3. The van der Waals surface area contributed by atoms with Gasteiger partial charge in [0.15, 0.2) is 0 Å². The van der Waals surface area contributed by atoms with E-state index in [1.807, 2.05) is 0 Å². The van der Waals surface area contributed by atoms with Crippen molar-refractivity contribution in [1.29, 1.82) is 0 Å². The molecule has 0 amide bonds. The van der Waals surface area contributed by atoms with Crippen LogP contribution < -0.4 is 0 Å². The molecule has 0 aromatic rings. The van der Waals surface area contributed by atoms with E-state index >= 15 is 0 Å². The average Bonchev–Trinajstić information content (AvgIpc) is 3.11. The first kappa shape index (κ1) is 25.3. The minimum absolute atomic E-state index is 0.160. The molecule has 33 heavy (non-hydrogen) atoms. The Morgan fingerprint density at radius 2 is 1.73 bits per heavy atom. The maximum Gasteiger partial charge on any atom is 0.266 e. The lowest BCUT2D eigenvalue weighted by molar-refractivity contribution is -0.128. The molecule has 1 saturated heterocycles. The number of aliphatic hydroxyl groups is 3. The fourth-order valence-corrected chi connectivity index (χ4v) is 7.62. The van der Waals surface area contributed by atoms with Gasteiger partial charge in [-0.05, 0) is 87.4 Å². The van der Waals surface area contributed by atoms with Gasteiger partial charge in [0.1, 0.15) is 5.60 Å². The van der Waals surface area contributed by atoms with E-state index < -0.39 is 24.2 Å². The molecule has 0 spiro atoms. The predicted octanol–water partition coefficient (Wildman–Crippen LogP) is 4.69. The summed E-state index contributed by atoms with van der Waals surface area (Å²) < 4.78 is 26.3. The summed E-state index contributed by atoms with van der Waals surface area (Å²) in [6, 6.07) is 0. The number of aliphatic hydroxyl groups excluding tert-OH is 2. The summed E-state index contributed by atoms with van der Waals surface area (Å²) in [5, 5.41) is 30.1. The van der Waals surface area contributed by atoms with Gasteiger partial charge in [0.05, 0.1) is 12.2 Å². The van der Waals surface area contributed by atoms with Gasteiger partial charge in [0.25, 0.3) is 6.43 Å². The minimum Gasteiger partial charge on any atom is -0.393 e. The Morgan fingerprint density at radius 1 is 1.06 bits per heavy atom. The largest absolute Gasteiger partial charge is 0.393 e. The summed E-state index contributed by atoms with van der Waals surface area (Å²) >= 11 is 0. The molecule has 3 saturated carbocycles. The van der Waals surface area contributed by atoms with Crippen LogP contribution >= 0.6 is 0 Å². The van der Waals surface area contributed by atoms with Gasteiger partial charge in [0.2, 0.25) is 0 Å². The smallest absolute Gasteiger partial charge is 0.266 e. The molecule has 1 aliphatic heterocycles. The van der Waals surface area contributed by atoms with Crippen LogP contribution in [0.4, 0.5) is 8.78 Å². The van der Waals surface area contributed by atoms with Crippen molar-refractivity contribution in [2.24, 2.45) is 23.2 Å². The molecular formula is C27H43F2NO3. The topological polar surface area (TPSA) is 63.9 Å². The Kier molecular flexibility index (Phi) is 7.69. The van der Waals surface area contributed by atoms with Crippen LogP contribution in [0.5, 0.6) is 0 Å². The Hall–Kier alpha value is -0.820. The molecule has 3 aliphatic carbocycles. The lowest BCUT2D eigenvalue weighted by atomic mass is 9.61. The van der Waals surface area contributed by atoms with E-state index in [0.717, 1.165) is 18.5 Å². The van der Waals surface area contributed by atoms with Gasteiger partial charge in [-0.15, -0.1) is 0 Å².